The lowest BCUT2D eigenvalue weighted by molar-refractivity contribution is 0.417. The van der Waals surface area contributed by atoms with Crippen LogP contribution in [-0.4, -0.2) is 12.1 Å². The van der Waals surface area contributed by atoms with Gasteiger partial charge in [0, 0.05) is 10.4 Å². The predicted octanol–water partition coefficient (Wildman–Crippen LogP) is 5.82. The molecule has 24 heavy (non-hydrogen) atoms. The molecule has 0 aliphatic heterocycles. The van der Waals surface area contributed by atoms with E-state index in [0.717, 1.165) is 35.1 Å². The summed E-state index contributed by atoms with van der Waals surface area (Å²) < 4.78 is 5.41. The van der Waals surface area contributed by atoms with Gasteiger partial charge in [0.1, 0.15) is 5.75 Å². The van der Waals surface area contributed by atoms with E-state index in [-0.39, 0.29) is 0 Å². The third-order valence-corrected chi connectivity index (χ3v) is 4.88. The van der Waals surface area contributed by atoms with Gasteiger partial charge >= 0.3 is 0 Å². The molecule has 2 aromatic carbocycles. The van der Waals surface area contributed by atoms with Crippen molar-refractivity contribution in [1.29, 1.82) is 0 Å². The molecule has 0 radical (unpaired) electrons. The molecule has 124 valence electrons. The summed E-state index contributed by atoms with van der Waals surface area (Å²) in [7, 11) is 1.68. The Bertz CT molecular complexity index is 809. The van der Waals surface area contributed by atoms with Gasteiger partial charge in [0.25, 0.3) is 0 Å². The van der Waals surface area contributed by atoms with Gasteiger partial charge in [-0.1, -0.05) is 55.3 Å². The number of para-hydroxylation sites is 2. The molecule has 0 spiro atoms. The summed E-state index contributed by atoms with van der Waals surface area (Å²) in [6.45, 7) is 4.30. The second kappa shape index (κ2) is 7.49. The zero-order chi connectivity index (χ0) is 16.9. The molecule has 0 bridgehead atoms. The quantitative estimate of drug-likeness (QED) is 0.614. The molecule has 0 aliphatic rings. The lowest BCUT2D eigenvalue weighted by Gasteiger charge is -2.08. The number of ether oxygens (including phenoxy) is 1. The summed E-state index contributed by atoms with van der Waals surface area (Å²) in [5, 5.41) is 4.31. The molecule has 3 rings (SSSR count). The van der Waals surface area contributed by atoms with Crippen LogP contribution < -0.4 is 10.1 Å². The van der Waals surface area contributed by atoms with Crippen molar-refractivity contribution in [2.45, 2.75) is 26.7 Å². The highest BCUT2D eigenvalue weighted by molar-refractivity contribution is 7.16. The van der Waals surface area contributed by atoms with Crippen LogP contribution in [0.1, 0.15) is 23.8 Å². The van der Waals surface area contributed by atoms with Crippen molar-refractivity contribution < 1.29 is 4.74 Å². The third-order valence-electron chi connectivity index (χ3n) is 3.85. The number of methoxy groups -OCH3 is 1. The first-order chi connectivity index (χ1) is 11.7. The fourth-order valence-corrected chi connectivity index (χ4v) is 3.70. The molecule has 1 heterocycles. The van der Waals surface area contributed by atoms with Crippen LogP contribution in [0.3, 0.4) is 0 Å². The summed E-state index contributed by atoms with van der Waals surface area (Å²) in [4.78, 5) is 6.17. The van der Waals surface area contributed by atoms with E-state index in [1.165, 1.54) is 16.0 Å². The zero-order valence-corrected chi connectivity index (χ0v) is 15.1. The van der Waals surface area contributed by atoms with E-state index in [4.69, 9.17) is 9.72 Å². The number of aromatic nitrogens is 1. The maximum atomic E-state index is 5.41. The molecule has 4 heteroatoms. The Morgan fingerprint density at radius 2 is 1.83 bits per heavy atom. The lowest BCUT2D eigenvalue weighted by Crippen LogP contribution is -1.93. The standard InChI is InChI=1S/C20H22N2OS/c1-4-7-18-19(15-12-10-14(2)11-13-15)22-20(24-18)21-16-8-5-6-9-17(16)23-3/h5-6,8-13H,4,7H2,1-3H3,(H,21,22). The van der Waals surface area contributed by atoms with E-state index in [1.807, 2.05) is 24.3 Å². The summed E-state index contributed by atoms with van der Waals surface area (Å²) in [5.74, 6) is 0.821. The van der Waals surface area contributed by atoms with Gasteiger partial charge in [-0.05, 0) is 25.5 Å². The van der Waals surface area contributed by atoms with Crippen LogP contribution >= 0.6 is 11.3 Å². The Hall–Kier alpha value is -2.33. The summed E-state index contributed by atoms with van der Waals surface area (Å²) in [5.41, 5.74) is 4.46. The molecule has 0 saturated carbocycles. The predicted molar refractivity (Wildman–Crippen MR) is 103 cm³/mol. The molecule has 3 nitrogen and oxygen atoms in total. The number of rotatable bonds is 6. The number of anilines is 2. The molecule has 0 aliphatic carbocycles. The molecular formula is C20H22N2OS. The van der Waals surface area contributed by atoms with Crippen LogP contribution in [0.2, 0.25) is 0 Å². The van der Waals surface area contributed by atoms with Gasteiger partial charge in [0.05, 0.1) is 18.5 Å². The fraction of sp³-hybridized carbons (Fsp3) is 0.250. The van der Waals surface area contributed by atoms with Gasteiger partial charge in [-0.15, -0.1) is 11.3 Å². The van der Waals surface area contributed by atoms with E-state index in [9.17, 15) is 0 Å². The number of benzene rings is 2. The average Bonchev–Trinajstić information content (AvgIpc) is 2.99. The molecule has 3 aromatic rings. The van der Waals surface area contributed by atoms with Gasteiger partial charge in [-0.25, -0.2) is 4.98 Å². The summed E-state index contributed by atoms with van der Waals surface area (Å²) in [6.07, 6.45) is 2.14. The van der Waals surface area contributed by atoms with Crippen LogP contribution in [0.4, 0.5) is 10.8 Å². The van der Waals surface area contributed by atoms with Crippen LogP contribution in [0.25, 0.3) is 11.3 Å². The normalized spacial score (nSPS) is 10.6. The van der Waals surface area contributed by atoms with Crippen LogP contribution in [-0.2, 0) is 6.42 Å². The Morgan fingerprint density at radius 1 is 1.08 bits per heavy atom. The zero-order valence-electron chi connectivity index (χ0n) is 14.3. The minimum atomic E-state index is 0.821. The highest BCUT2D eigenvalue weighted by atomic mass is 32.1. The number of hydrogen-bond donors (Lipinski definition) is 1. The summed E-state index contributed by atoms with van der Waals surface area (Å²) >= 11 is 1.72. The number of nitrogens with one attached hydrogen (secondary N) is 1. The van der Waals surface area contributed by atoms with Gasteiger partial charge in [0.15, 0.2) is 5.13 Å². The monoisotopic (exact) mass is 338 g/mol. The van der Waals surface area contributed by atoms with E-state index in [1.54, 1.807) is 18.4 Å². The van der Waals surface area contributed by atoms with Crippen molar-refractivity contribution in [2.75, 3.05) is 12.4 Å². The molecule has 1 N–H and O–H groups in total. The van der Waals surface area contributed by atoms with Crippen LogP contribution in [0, 0.1) is 6.92 Å². The third kappa shape index (κ3) is 3.60. The van der Waals surface area contributed by atoms with Gasteiger partial charge in [-0.3, -0.25) is 0 Å². The minimum Gasteiger partial charge on any atom is -0.495 e. The topological polar surface area (TPSA) is 34.1 Å². The first-order valence-corrected chi connectivity index (χ1v) is 8.99. The largest absolute Gasteiger partial charge is 0.495 e. The highest BCUT2D eigenvalue weighted by Gasteiger charge is 2.13. The van der Waals surface area contributed by atoms with Crippen molar-refractivity contribution in [3.63, 3.8) is 0 Å². The molecule has 0 fully saturated rings. The number of thiazole rings is 1. The van der Waals surface area contributed by atoms with Crippen molar-refractivity contribution in [2.24, 2.45) is 0 Å². The van der Waals surface area contributed by atoms with Crippen LogP contribution in [0.15, 0.2) is 48.5 Å². The van der Waals surface area contributed by atoms with Crippen molar-refractivity contribution in [3.05, 3.63) is 59.0 Å². The number of nitrogens with zero attached hydrogens (tertiary/aromatic N) is 1. The van der Waals surface area contributed by atoms with E-state index >= 15 is 0 Å². The van der Waals surface area contributed by atoms with Gasteiger partial charge in [0.2, 0.25) is 0 Å². The van der Waals surface area contributed by atoms with Crippen molar-refractivity contribution in [1.82, 2.24) is 4.98 Å². The Balaban J connectivity index is 1.95. The second-order valence-corrected chi connectivity index (χ2v) is 6.82. The van der Waals surface area contributed by atoms with Crippen molar-refractivity contribution >= 4 is 22.2 Å². The van der Waals surface area contributed by atoms with E-state index < -0.39 is 0 Å². The summed E-state index contributed by atoms with van der Waals surface area (Å²) in [6, 6.07) is 16.5. The first-order valence-electron chi connectivity index (χ1n) is 8.18. The maximum Gasteiger partial charge on any atom is 0.188 e. The van der Waals surface area contributed by atoms with Crippen molar-refractivity contribution in [3.8, 4) is 17.0 Å². The van der Waals surface area contributed by atoms with Gasteiger partial charge in [-0.2, -0.15) is 0 Å². The average molecular weight is 338 g/mol. The minimum absolute atomic E-state index is 0.821. The molecule has 0 saturated heterocycles. The number of aryl methyl sites for hydroxylation is 2. The Kier molecular flexibility index (Phi) is 5.16. The van der Waals surface area contributed by atoms with E-state index in [0.29, 0.717) is 0 Å². The molecule has 0 amide bonds. The van der Waals surface area contributed by atoms with Gasteiger partial charge < -0.3 is 10.1 Å². The first kappa shape index (κ1) is 16.5. The fourth-order valence-electron chi connectivity index (χ4n) is 2.60. The lowest BCUT2D eigenvalue weighted by atomic mass is 10.1. The van der Waals surface area contributed by atoms with Crippen LogP contribution in [0.5, 0.6) is 5.75 Å². The highest BCUT2D eigenvalue weighted by Crippen LogP contribution is 2.35. The Labute approximate surface area is 147 Å². The SMILES string of the molecule is CCCc1sc(Nc2ccccc2OC)nc1-c1ccc(C)cc1. The molecular weight excluding hydrogens is 316 g/mol. The molecule has 0 atom stereocenters. The maximum absolute atomic E-state index is 5.41. The molecule has 0 unspecified atom stereocenters. The second-order valence-electron chi connectivity index (χ2n) is 5.73. The Morgan fingerprint density at radius 3 is 2.54 bits per heavy atom. The number of hydrogen-bond acceptors (Lipinski definition) is 4. The molecule has 1 aromatic heterocycles. The van der Waals surface area contributed by atoms with E-state index in [2.05, 4.69) is 43.4 Å². The smallest absolute Gasteiger partial charge is 0.188 e.